The summed E-state index contributed by atoms with van der Waals surface area (Å²) in [6.45, 7) is 2.52. The predicted octanol–water partition coefficient (Wildman–Crippen LogP) is 5.55. The topological polar surface area (TPSA) is 85.6 Å². The van der Waals surface area contributed by atoms with Crippen LogP contribution in [0.3, 0.4) is 0 Å². The zero-order valence-corrected chi connectivity index (χ0v) is 20.3. The fourth-order valence-electron chi connectivity index (χ4n) is 3.16. The zero-order chi connectivity index (χ0) is 26.3. The van der Waals surface area contributed by atoms with Crippen molar-refractivity contribution < 1.29 is 22.6 Å². The Morgan fingerprint density at radius 1 is 1.00 bits per heavy atom. The van der Waals surface area contributed by atoms with Gasteiger partial charge in [-0.3, -0.25) is 5.43 Å². The van der Waals surface area contributed by atoms with E-state index in [-0.39, 0.29) is 5.75 Å². The summed E-state index contributed by atoms with van der Waals surface area (Å²) in [7, 11) is 0. The highest BCUT2D eigenvalue weighted by molar-refractivity contribution is 7.80. The van der Waals surface area contributed by atoms with E-state index < -0.39 is 6.36 Å². The highest BCUT2D eigenvalue weighted by Gasteiger charge is 2.31. The third-order valence-electron chi connectivity index (χ3n) is 4.80. The number of ether oxygens (including phenoxy) is 2. The first-order valence-electron chi connectivity index (χ1n) is 11.0. The number of anilines is 1. The lowest BCUT2D eigenvalue weighted by molar-refractivity contribution is -0.274. The van der Waals surface area contributed by atoms with Crippen molar-refractivity contribution in [1.29, 1.82) is 0 Å². The Morgan fingerprint density at radius 3 is 2.32 bits per heavy atom. The van der Waals surface area contributed by atoms with E-state index in [0.29, 0.717) is 23.2 Å². The zero-order valence-electron chi connectivity index (χ0n) is 19.4. The van der Waals surface area contributed by atoms with Gasteiger partial charge in [-0.1, -0.05) is 24.3 Å². The van der Waals surface area contributed by atoms with E-state index in [1.165, 1.54) is 35.3 Å². The quantitative estimate of drug-likeness (QED) is 0.177. The number of alkyl halides is 3. The maximum atomic E-state index is 12.3. The van der Waals surface area contributed by atoms with E-state index in [2.05, 4.69) is 30.7 Å². The second-order valence-corrected chi connectivity index (χ2v) is 7.87. The number of nitrogens with one attached hydrogen (secondary N) is 2. The van der Waals surface area contributed by atoms with E-state index in [9.17, 15) is 13.2 Å². The van der Waals surface area contributed by atoms with Gasteiger partial charge < -0.3 is 14.8 Å². The second-order valence-electron chi connectivity index (χ2n) is 7.46. The van der Waals surface area contributed by atoms with Gasteiger partial charge in [0.25, 0.3) is 0 Å². The lowest BCUT2D eigenvalue weighted by Gasteiger charge is -2.09. The number of halogens is 3. The Hall–Kier alpha value is -4.45. The van der Waals surface area contributed by atoms with Crippen molar-refractivity contribution in [2.45, 2.75) is 13.3 Å². The van der Waals surface area contributed by atoms with Gasteiger partial charge >= 0.3 is 6.36 Å². The number of hydrazone groups is 1. The third-order valence-corrected chi connectivity index (χ3v) is 4.99. The molecule has 0 saturated heterocycles. The summed E-state index contributed by atoms with van der Waals surface area (Å²) >= 11 is 5.25. The molecule has 0 saturated carbocycles. The summed E-state index contributed by atoms with van der Waals surface area (Å²) in [5, 5.41) is 11.9. The van der Waals surface area contributed by atoms with Gasteiger partial charge in [0.1, 0.15) is 17.8 Å². The first-order chi connectivity index (χ1) is 17.8. The number of thiocarbonyl (C=S) groups is 1. The standard InChI is InChI=1S/C25H21F3N6O2S/c1-2-35-21-11-7-19(8-12-21)31-24(37)32-30-15-17-3-5-18(6-4-17)23-29-16-34(33-23)20-9-13-22(14-10-20)36-25(26,27)28/h3-16H,2H2,1H3,(H2,31,32,37). The van der Waals surface area contributed by atoms with Gasteiger partial charge in [0.2, 0.25) is 0 Å². The van der Waals surface area contributed by atoms with E-state index in [1.54, 1.807) is 6.21 Å². The number of hydrogen-bond donors (Lipinski definition) is 2. The van der Waals surface area contributed by atoms with Crippen molar-refractivity contribution >= 4 is 29.2 Å². The number of benzene rings is 3. The number of hydrogen-bond acceptors (Lipinski definition) is 6. The summed E-state index contributed by atoms with van der Waals surface area (Å²) in [6, 6.07) is 20.1. The smallest absolute Gasteiger partial charge is 0.494 e. The van der Waals surface area contributed by atoms with Crippen molar-refractivity contribution in [3.8, 4) is 28.6 Å². The number of rotatable bonds is 8. The van der Waals surface area contributed by atoms with Gasteiger partial charge in [0, 0.05) is 11.3 Å². The van der Waals surface area contributed by atoms with Crippen LogP contribution in [0, 0.1) is 0 Å². The third kappa shape index (κ3) is 7.51. The van der Waals surface area contributed by atoms with Crippen LogP contribution in [0.1, 0.15) is 12.5 Å². The van der Waals surface area contributed by atoms with E-state index in [4.69, 9.17) is 17.0 Å². The highest BCUT2D eigenvalue weighted by atomic mass is 32.1. The predicted molar refractivity (Wildman–Crippen MR) is 138 cm³/mol. The van der Waals surface area contributed by atoms with Crippen LogP contribution in [-0.4, -0.2) is 39.1 Å². The fraction of sp³-hybridized carbons (Fsp3) is 0.120. The van der Waals surface area contributed by atoms with Crippen molar-refractivity contribution in [2.24, 2.45) is 5.10 Å². The summed E-state index contributed by atoms with van der Waals surface area (Å²) in [6.07, 6.45) is -1.65. The molecule has 0 atom stereocenters. The van der Waals surface area contributed by atoms with Gasteiger partial charge in [-0.25, -0.2) is 9.67 Å². The van der Waals surface area contributed by atoms with Crippen molar-refractivity contribution in [3.05, 3.63) is 84.7 Å². The molecule has 37 heavy (non-hydrogen) atoms. The van der Waals surface area contributed by atoms with Crippen molar-refractivity contribution in [3.63, 3.8) is 0 Å². The molecule has 4 rings (SSSR count). The maximum absolute atomic E-state index is 12.3. The molecular weight excluding hydrogens is 505 g/mol. The Balaban J connectivity index is 1.31. The lowest BCUT2D eigenvalue weighted by Crippen LogP contribution is -2.23. The molecule has 0 radical (unpaired) electrons. The average Bonchev–Trinajstić information content (AvgIpc) is 3.36. The van der Waals surface area contributed by atoms with Crippen LogP contribution in [0.4, 0.5) is 18.9 Å². The largest absolute Gasteiger partial charge is 0.573 e. The molecule has 3 aromatic carbocycles. The minimum Gasteiger partial charge on any atom is -0.494 e. The van der Waals surface area contributed by atoms with E-state index in [0.717, 1.165) is 22.6 Å². The molecular formula is C25H21F3N6O2S. The van der Waals surface area contributed by atoms with Gasteiger partial charge in [-0.05, 0) is 73.2 Å². The van der Waals surface area contributed by atoms with E-state index >= 15 is 0 Å². The molecule has 0 amide bonds. The SMILES string of the molecule is CCOc1ccc(NC(=S)NN=Cc2ccc(-c3ncn(-c4ccc(OC(F)(F)F)cc4)n3)cc2)cc1. The summed E-state index contributed by atoms with van der Waals surface area (Å²) in [4.78, 5) is 4.28. The summed E-state index contributed by atoms with van der Waals surface area (Å²) in [5.41, 5.74) is 5.68. The van der Waals surface area contributed by atoms with Crippen LogP contribution in [0.2, 0.25) is 0 Å². The Labute approximate surface area is 215 Å². The van der Waals surface area contributed by atoms with Gasteiger partial charge in [-0.15, -0.1) is 18.3 Å². The highest BCUT2D eigenvalue weighted by Crippen LogP contribution is 2.24. The summed E-state index contributed by atoms with van der Waals surface area (Å²) < 4.78 is 47.7. The fourth-order valence-corrected chi connectivity index (χ4v) is 3.33. The Kier molecular flexibility index (Phi) is 7.98. The molecule has 0 spiro atoms. The maximum Gasteiger partial charge on any atom is 0.573 e. The molecule has 0 unspecified atom stereocenters. The monoisotopic (exact) mass is 526 g/mol. The molecule has 190 valence electrons. The molecule has 4 aromatic rings. The number of nitrogens with zero attached hydrogens (tertiary/aromatic N) is 4. The first-order valence-corrected chi connectivity index (χ1v) is 11.4. The molecule has 1 heterocycles. The van der Waals surface area contributed by atoms with Gasteiger partial charge in [0.15, 0.2) is 10.9 Å². The lowest BCUT2D eigenvalue weighted by atomic mass is 10.1. The molecule has 0 bridgehead atoms. The minimum atomic E-state index is -4.74. The van der Waals surface area contributed by atoms with Gasteiger partial charge in [-0.2, -0.15) is 5.10 Å². The normalized spacial score (nSPS) is 11.4. The Morgan fingerprint density at radius 2 is 1.68 bits per heavy atom. The van der Waals surface area contributed by atoms with Gasteiger partial charge in [0.05, 0.1) is 18.5 Å². The molecule has 0 aliphatic rings. The molecule has 1 aromatic heterocycles. The van der Waals surface area contributed by atoms with Crippen LogP contribution >= 0.6 is 12.2 Å². The van der Waals surface area contributed by atoms with Crippen LogP contribution in [-0.2, 0) is 0 Å². The van der Waals surface area contributed by atoms with Crippen molar-refractivity contribution in [1.82, 2.24) is 20.2 Å². The Bertz CT molecular complexity index is 1360. The molecule has 12 heteroatoms. The molecule has 0 aliphatic heterocycles. The molecule has 8 nitrogen and oxygen atoms in total. The van der Waals surface area contributed by atoms with Crippen LogP contribution in [0.5, 0.6) is 11.5 Å². The minimum absolute atomic E-state index is 0.309. The number of aromatic nitrogens is 3. The first kappa shape index (κ1) is 25.6. The van der Waals surface area contributed by atoms with E-state index in [1.807, 2.05) is 55.5 Å². The van der Waals surface area contributed by atoms with Crippen LogP contribution in [0.15, 0.2) is 84.2 Å². The second kappa shape index (κ2) is 11.5. The average molecular weight is 527 g/mol. The molecule has 2 N–H and O–H groups in total. The van der Waals surface area contributed by atoms with Crippen LogP contribution in [0.25, 0.3) is 17.1 Å². The van der Waals surface area contributed by atoms with Crippen LogP contribution < -0.4 is 20.2 Å². The summed E-state index contributed by atoms with van der Waals surface area (Å²) in [5.74, 6) is 0.929. The molecule has 0 fully saturated rings. The van der Waals surface area contributed by atoms with Crippen molar-refractivity contribution in [2.75, 3.05) is 11.9 Å². The molecule has 0 aliphatic carbocycles.